The smallest absolute Gasteiger partial charge is 0.318 e. The Labute approximate surface area is 103 Å². The van der Waals surface area contributed by atoms with Crippen LogP contribution in [-0.2, 0) is 9.59 Å². The third-order valence-electron chi connectivity index (χ3n) is 3.69. The van der Waals surface area contributed by atoms with Gasteiger partial charge in [0.05, 0.1) is 0 Å². The third-order valence-corrected chi connectivity index (χ3v) is 3.69. The van der Waals surface area contributed by atoms with Crippen LogP contribution >= 0.6 is 0 Å². The minimum absolute atomic E-state index is 0.145. The van der Waals surface area contributed by atoms with Crippen LogP contribution in [0.5, 0.6) is 0 Å². The van der Waals surface area contributed by atoms with Crippen LogP contribution in [0.15, 0.2) is 0 Å². The maximum atomic E-state index is 11.9. The first kappa shape index (κ1) is 14.0. The average Bonchev–Trinajstić information content (AvgIpc) is 2.43. The van der Waals surface area contributed by atoms with Crippen molar-refractivity contribution in [1.29, 1.82) is 0 Å². The lowest BCUT2D eigenvalue weighted by atomic mass is 9.92. The number of carboxylic acid groups (broad SMARTS) is 1. The number of carboxylic acids is 1. The molecule has 98 valence electrons. The van der Waals surface area contributed by atoms with E-state index < -0.39 is 11.4 Å². The number of nitrogens with one attached hydrogen (secondary N) is 1. The van der Waals surface area contributed by atoms with Gasteiger partial charge in [0.1, 0.15) is 5.41 Å². The van der Waals surface area contributed by atoms with Crippen LogP contribution in [0.1, 0.15) is 52.9 Å². The van der Waals surface area contributed by atoms with Crippen molar-refractivity contribution in [3.63, 3.8) is 0 Å². The standard InChI is InChI=1S/C13H23NO3/c1-9-5-4-6-10(8-7-9)14-11(15)13(2,3)12(16)17/h9-10H,4-8H2,1-3H3,(H,14,15)(H,16,17). The Balaban J connectivity index is 2.53. The first-order valence-corrected chi connectivity index (χ1v) is 6.38. The van der Waals surface area contributed by atoms with E-state index in [1.807, 2.05) is 0 Å². The van der Waals surface area contributed by atoms with E-state index in [-0.39, 0.29) is 11.9 Å². The molecule has 0 bridgehead atoms. The second-order valence-corrected chi connectivity index (χ2v) is 5.71. The Morgan fingerprint density at radius 1 is 1.18 bits per heavy atom. The number of amides is 1. The molecule has 2 N–H and O–H groups in total. The molecule has 2 unspecified atom stereocenters. The summed E-state index contributed by atoms with van der Waals surface area (Å²) in [6.45, 7) is 5.12. The fraction of sp³-hybridized carbons (Fsp3) is 0.846. The largest absolute Gasteiger partial charge is 0.480 e. The Kier molecular flexibility index (Phi) is 4.54. The number of carbonyl (C=O) groups excluding carboxylic acids is 1. The first-order valence-electron chi connectivity index (χ1n) is 6.38. The summed E-state index contributed by atoms with van der Waals surface area (Å²) < 4.78 is 0. The predicted octanol–water partition coefficient (Wildman–Crippen LogP) is 2.18. The molecular formula is C13H23NO3. The van der Waals surface area contributed by atoms with Crippen molar-refractivity contribution < 1.29 is 14.7 Å². The van der Waals surface area contributed by atoms with Crippen LogP contribution < -0.4 is 5.32 Å². The molecule has 1 aliphatic carbocycles. The summed E-state index contributed by atoms with van der Waals surface area (Å²) in [6, 6.07) is 0.145. The van der Waals surface area contributed by atoms with E-state index in [4.69, 9.17) is 5.11 Å². The van der Waals surface area contributed by atoms with Gasteiger partial charge in [0.2, 0.25) is 5.91 Å². The SMILES string of the molecule is CC1CCCC(NC(=O)C(C)(C)C(=O)O)CC1. The van der Waals surface area contributed by atoms with Gasteiger partial charge in [-0.1, -0.05) is 19.8 Å². The summed E-state index contributed by atoms with van der Waals surface area (Å²) in [7, 11) is 0. The Morgan fingerprint density at radius 2 is 1.82 bits per heavy atom. The van der Waals surface area contributed by atoms with Gasteiger partial charge in [0.25, 0.3) is 0 Å². The molecule has 2 atom stereocenters. The summed E-state index contributed by atoms with van der Waals surface area (Å²) >= 11 is 0. The van der Waals surface area contributed by atoms with E-state index in [2.05, 4.69) is 12.2 Å². The zero-order valence-corrected chi connectivity index (χ0v) is 11.0. The molecule has 0 aromatic rings. The summed E-state index contributed by atoms with van der Waals surface area (Å²) in [6.07, 6.45) is 5.35. The lowest BCUT2D eigenvalue weighted by Gasteiger charge is -2.23. The van der Waals surface area contributed by atoms with Crippen LogP contribution in [0.3, 0.4) is 0 Å². The van der Waals surface area contributed by atoms with Crippen molar-refractivity contribution in [2.45, 2.75) is 58.9 Å². The van der Waals surface area contributed by atoms with Gasteiger partial charge in [-0.2, -0.15) is 0 Å². The van der Waals surface area contributed by atoms with Crippen molar-refractivity contribution in [3.8, 4) is 0 Å². The van der Waals surface area contributed by atoms with Crippen molar-refractivity contribution in [2.24, 2.45) is 11.3 Å². The molecule has 0 radical (unpaired) electrons. The molecule has 0 aliphatic heterocycles. The maximum Gasteiger partial charge on any atom is 0.318 e. The van der Waals surface area contributed by atoms with E-state index >= 15 is 0 Å². The Hall–Kier alpha value is -1.06. The molecule has 17 heavy (non-hydrogen) atoms. The number of rotatable bonds is 3. The van der Waals surface area contributed by atoms with Crippen LogP contribution in [0, 0.1) is 11.3 Å². The van der Waals surface area contributed by atoms with E-state index in [9.17, 15) is 9.59 Å². The van der Waals surface area contributed by atoms with Gasteiger partial charge < -0.3 is 10.4 Å². The van der Waals surface area contributed by atoms with Gasteiger partial charge in [-0.3, -0.25) is 9.59 Å². The number of carbonyl (C=O) groups is 2. The van der Waals surface area contributed by atoms with Gasteiger partial charge in [-0.15, -0.1) is 0 Å². The zero-order chi connectivity index (χ0) is 13.1. The summed E-state index contributed by atoms with van der Waals surface area (Å²) in [5, 5.41) is 11.9. The maximum absolute atomic E-state index is 11.9. The fourth-order valence-electron chi connectivity index (χ4n) is 2.09. The number of aliphatic carboxylic acids is 1. The van der Waals surface area contributed by atoms with Gasteiger partial charge in [0.15, 0.2) is 0 Å². The molecular weight excluding hydrogens is 218 g/mol. The fourth-order valence-corrected chi connectivity index (χ4v) is 2.09. The lowest BCUT2D eigenvalue weighted by molar-refractivity contribution is -0.153. The molecule has 1 amide bonds. The van der Waals surface area contributed by atoms with Gasteiger partial charge in [0, 0.05) is 6.04 Å². The van der Waals surface area contributed by atoms with Crippen molar-refractivity contribution in [2.75, 3.05) is 0 Å². The van der Waals surface area contributed by atoms with Gasteiger partial charge >= 0.3 is 5.97 Å². The molecule has 0 heterocycles. The van der Waals surface area contributed by atoms with Crippen LogP contribution in [0.2, 0.25) is 0 Å². The van der Waals surface area contributed by atoms with Gasteiger partial charge in [-0.25, -0.2) is 0 Å². The molecule has 0 saturated heterocycles. The van der Waals surface area contributed by atoms with E-state index in [1.165, 1.54) is 20.3 Å². The highest BCUT2D eigenvalue weighted by Gasteiger charge is 2.37. The molecule has 1 saturated carbocycles. The first-order chi connectivity index (χ1) is 7.84. The highest BCUT2D eigenvalue weighted by Crippen LogP contribution is 2.24. The Bertz CT molecular complexity index is 299. The highest BCUT2D eigenvalue weighted by molar-refractivity contribution is 6.01. The van der Waals surface area contributed by atoms with Crippen LogP contribution in [-0.4, -0.2) is 23.0 Å². The van der Waals surface area contributed by atoms with Crippen molar-refractivity contribution in [1.82, 2.24) is 5.32 Å². The minimum atomic E-state index is -1.34. The monoisotopic (exact) mass is 241 g/mol. The third kappa shape index (κ3) is 3.72. The highest BCUT2D eigenvalue weighted by atomic mass is 16.4. The summed E-state index contributed by atoms with van der Waals surface area (Å²) in [4.78, 5) is 22.8. The van der Waals surface area contributed by atoms with E-state index in [1.54, 1.807) is 0 Å². The number of hydrogen-bond acceptors (Lipinski definition) is 2. The topological polar surface area (TPSA) is 66.4 Å². The van der Waals surface area contributed by atoms with Gasteiger partial charge in [-0.05, 0) is 39.0 Å². The lowest BCUT2D eigenvalue weighted by Crippen LogP contribution is -2.46. The molecule has 4 nitrogen and oxygen atoms in total. The molecule has 4 heteroatoms. The average molecular weight is 241 g/mol. The van der Waals surface area contributed by atoms with Crippen molar-refractivity contribution in [3.05, 3.63) is 0 Å². The second kappa shape index (κ2) is 5.52. The zero-order valence-electron chi connectivity index (χ0n) is 11.0. The van der Waals surface area contributed by atoms with Crippen molar-refractivity contribution >= 4 is 11.9 Å². The summed E-state index contributed by atoms with van der Waals surface area (Å²) in [5.41, 5.74) is -1.34. The second-order valence-electron chi connectivity index (χ2n) is 5.71. The van der Waals surface area contributed by atoms with Crippen LogP contribution in [0.25, 0.3) is 0 Å². The normalized spacial score (nSPS) is 26.1. The van der Waals surface area contributed by atoms with E-state index in [0.717, 1.165) is 25.7 Å². The molecule has 1 fully saturated rings. The molecule has 1 rings (SSSR count). The molecule has 0 aromatic carbocycles. The predicted molar refractivity (Wildman–Crippen MR) is 65.6 cm³/mol. The Morgan fingerprint density at radius 3 is 2.41 bits per heavy atom. The quantitative estimate of drug-likeness (QED) is 0.588. The molecule has 1 aliphatic rings. The summed E-state index contributed by atoms with van der Waals surface area (Å²) in [5.74, 6) is -0.731. The molecule has 0 spiro atoms. The van der Waals surface area contributed by atoms with E-state index in [0.29, 0.717) is 5.92 Å². The number of hydrogen-bond donors (Lipinski definition) is 2. The molecule has 0 aromatic heterocycles. The minimum Gasteiger partial charge on any atom is -0.480 e. The van der Waals surface area contributed by atoms with Crippen LogP contribution in [0.4, 0.5) is 0 Å².